The third-order valence-electron chi connectivity index (χ3n) is 4.79. The molecule has 3 aliphatic rings. The van der Waals surface area contributed by atoms with Crippen molar-refractivity contribution in [2.24, 2.45) is 11.8 Å². The lowest BCUT2D eigenvalue weighted by atomic mass is 9.91. The zero-order valence-corrected chi connectivity index (χ0v) is 12.0. The molecule has 1 fully saturated rings. The quantitative estimate of drug-likeness (QED) is 0.767. The van der Waals surface area contributed by atoms with E-state index in [-0.39, 0.29) is 6.10 Å². The summed E-state index contributed by atoms with van der Waals surface area (Å²) in [6.45, 7) is 0.370. The lowest BCUT2D eigenvalue weighted by Crippen LogP contribution is -2.22. The fourth-order valence-electron chi connectivity index (χ4n) is 3.66. The Morgan fingerprint density at radius 3 is 2.86 bits per heavy atom. The molecular formula is C19H20O2. The first kappa shape index (κ1) is 13.1. The second-order valence-electron chi connectivity index (χ2n) is 5.99. The summed E-state index contributed by atoms with van der Waals surface area (Å²) in [5.41, 5.74) is 2.50. The Kier molecular flexibility index (Phi) is 3.50. The highest BCUT2D eigenvalue weighted by Gasteiger charge is 2.34. The van der Waals surface area contributed by atoms with E-state index in [1.54, 1.807) is 0 Å². The van der Waals surface area contributed by atoms with Gasteiger partial charge in [-0.25, -0.2) is 0 Å². The van der Waals surface area contributed by atoms with Gasteiger partial charge in [0.1, 0.15) is 12.9 Å². The van der Waals surface area contributed by atoms with Crippen molar-refractivity contribution in [3.05, 3.63) is 65.8 Å². The van der Waals surface area contributed by atoms with Crippen LogP contribution in [0.15, 0.2) is 54.6 Å². The summed E-state index contributed by atoms with van der Waals surface area (Å²) < 4.78 is 11.9. The summed E-state index contributed by atoms with van der Waals surface area (Å²) in [5, 5.41) is 0. The topological polar surface area (TPSA) is 18.5 Å². The van der Waals surface area contributed by atoms with Crippen LogP contribution >= 0.6 is 0 Å². The second kappa shape index (κ2) is 5.63. The molecule has 1 saturated carbocycles. The van der Waals surface area contributed by atoms with E-state index in [1.807, 2.05) is 0 Å². The van der Waals surface area contributed by atoms with Crippen molar-refractivity contribution in [3.8, 4) is 0 Å². The fraction of sp³-hybridized carbons (Fsp3) is 0.368. The maximum atomic E-state index is 6.01. The van der Waals surface area contributed by atoms with E-state index in [4.69, 9.17) is 9.47 Å². The van der Waals surface area contributed by atoms with Crippen molar-refractivity contribution >= 4 is 6.08 Å². The monoisotopic (exact) mass is 280 g/mol. The van der Waals surface area contributed by atoms with Gasteiger partial charge in [0.25, 0.3) is 0 Å². The summed E-state index contributed by atoms with van der Waals surface area (Å²) >= 11 is 0. The Balaban J connectivity index is 1.32. The molecule has 4 unspecified atom stereocenters. The Morgan fingerprint density at radius 1 is 0.952 bits per heavy atom. The predicted molar refractivity (Wildman–Crippen MR) is 83.5 cm³/mol. The van der Waals surface area contributed by atoms with E-state index < -0.39 is 0 Å². The van der Waals surface area contributed by atoms with Crippen LogP contribution in [-0.4, -0.2) is 12.9 Å². The highest BCUT2D eigenvalue weighted by molar-refractivity contribution is 5.61. The van der Waals surface area contributed by atoms with Gasteiger partial charge in [-0.1, -0.05) is 60.7 Å². The molecule has 0 heterocycles. The smallest absolute Gasteiger partial charge is 0.148 e. The second-order valence-corrected chi connectivity index (χ2v) is 5.99. The Bertz CT molecular complexity index is 599. The standard InChI is InChI=1S/C19H20O2/c1-3-7-16-14(5-1)9-11-18(16)20-13-21-19-12-10-15-6-2-4-8-17(15)19/h1-9,11,15,17-19H,10,12-13H2. The maximum absolute atomic E-state index is 6.01. The van der Waals surface area contributed by atoms with Gasteiger partial charge in [0.05, 0.1) is 6.10 Å². The molecule has 4 rings (SSSR count). The highest BCUT2D eigenvalue weighted by Crippen LogP contribution is 2.38. The van der Waals surface area contributed by atoms with Gasteiger partial charge >= 0.3 is 0 Å². The van der Waals surface area contributed by atoms with Crippen LogP contribution in [0.1, 0.15) is 30.1 Å². The van der Waals surface area contributed by atoms with Crippen LogP contribution in [0.5, 0.6) is 0 Å². The molecule has 0 aliphatic heterocycles. The van der Waals surface area contributed by atoms with E-state index in [0.717, 1.165) is 6.42 Å². The van der Waals surface area contributed by atoms with Crippen molar-refractivity contribution in [2.45, 2.75) is 25.0 Å². The molecule has 0 saturated heterocycles. The first-order valence-corrected chi connectivity index (χ1v) is 7.77. The molecule has 0 spiro atoms. The van der Waals surface area contributed by atoms with E-state index in [9.17, 15) is 0 Å². The summed E-state index contributed by atoms with van der Waals surface area (Å²) in [6, 6.07) is 8.37. The first-order valence-electron chi connectivity index (χ1n) is 7.77. The lowest BCUT2D eigenvalue weighted by Gasteiger charge is -2.23. The Hall–Kier alpha value is -1.64. The van der Waals surface area contributed by atoms with E-state index in [0.29, 0.717) is 24.7 Å². The van der Waals surface area contributed by atoms with Crippen molar-refractivity contribution in [3.63, 3.8) is 0 Å². The number of ether oxygens (including phenoxy) is 2. The van der Waals surface area contributed by atoms with E-state index in [2.05, 4.69) is 60.7 Å². The number of rotatable bonds is 4. The minimum atomic E-state index is 0.0418. The molecule has 3 aliphatic carbocycles. The van der Waals surface area contributed by atoms with Gasteiger partial charge in [-0.15, -0.1) is 0 Å². The van der Waals surface area contributed by atoms with Crippen LogP contribution in [0.2, 0.25) is 0 Å². The average Bonchev–Trinajstić information content (AvgIpc) is 3.13. The zero-order chi connectivity index (χ0) is 14.1. The molecule has 4 atom stereocenters. The van der Waals surface area contributed by atoms with Crippen LogP contribution < -0.4 is 0 Å². The zero-order valence-electron chi connectivity index (χ0n) is 12.0. The van der Waals surface area contributed by atoms with E-state index in [1.165, 1.54) is 17.5 Å². The van der Waals surface area contributed by atoms with Gasteiger partial charge in [-0.05, 0) is 29.9 Å². The van der Waals surface area contributed by atoms with Crippen LogP contribution in [-0.2, 0) is 9.47 Å². The first-order chi connectivity index (χ1) is 10.4. The van der Waals surface area contributed by atoms with Crippen molar-refractivity contribution in [2.75, 3.05) is 6.79 Å². The molecule has 1 aromatic rings. The summed E-state index contributed by atoms with van der Waals surface area (Å²) in [5.74, 6) is 1.19. The maximum Gasteiger partial charge on any atom is 0.148 e. The fourth-order valence-corrected chi connectivity index (χ4v) is 3.66. The normalized spacial score (nSPS) is 32.4. The highest BCUT2D eigenvalue weighted by atomic mass is 16.7. The Labute approximate surface area is 125 Å². The van der Waals surface area contributed by atoms with Crippen LogP contribution in [0.25, 0.3) is 6.08 Å². The van der Waals surface area contributed by atoms with Gasteiger partial charge in [0.15, 0.2) is 0 Å². The molecule has 0 aromatic heterocycles. The SMILES string of the molecule is C1=CC2CCC(OCOC3C=Cc4ccccc43)C2C=C1. The minimum Gasteiger partial charge on any atom is -0.352 e. The predicted octanol–water partition coefficient (Wildman–Crippen LogP) is 4.27. The number of allylic oxidation sites excluding steroid dienone is 3. The van der Waals surface area contributed by atoms with Crippen molar-refractivity contribution < 1.29 is 9.47 Å². The minimum absolute atomic E-state index is 0.0418. The van der Waals surface area contributed by atoms with Crippen LogP contribution in [0, 0.1) is 11.8 Å². The molecule has 0 N–H and O–H groups in total. The molecular weight excluding hydrogens is 260 g/mol. The molecule has 2 nitrogen and oxygen atoms in total. The molecule has 21 heavy (non-hydrogen) atoms. The molecule has 1 aromatic carbocycles. The van der Waals surface area contributed by atoms with Gasteiger partial charge in [0.2, 0.25) is 0 Å². The van der Waals surface area contributed by atoms with Crippen LogP contribution in [0.3, 0.4) is 0 Å². The van der Waals surface area contributed by atoms with Gasteiger partial charge in [-0.2, -0.15) is 0 Å². The molecule has 0 amide bonds. The number of fused-ring (bicyclic) bond motifs is 2. The number of hydrogen-bond acceptors (Lipinski definition) is 2. The number of hydrogen-bond donors (Lipinski definition) is 0. The van der Waals surface area contributed by atoms with Crippen molar-refractivity contribution in [1.29, 1.82) is 0 Å². The average molecular weight is 280 g/mol. The Morgan fingerprint density at radius 2 is 1.86 bits per heavy atom. The third-order valence-corrected chi connectivity index (χ3v) is 4.79. The third kappa shape index (κ3) is 2.50. The summed E-state index contributed by atoms with van der Waals surface area (Å²) in [4.78, 5) is 0. The molecule has 108 valence electrons. The lowest BCUT2D eigenvalue weighted by molar-refractivity contribution is -0.113. The molecule has 0 bridgehead atoms. The molecule has 2 heteroatoms. The summed E-state index contributed by atoms with van der Waals surface area (Å²) in [6.07, 6.45) is 15.8. The van der Waals surface area contributed by atoms with Crippen molar-refractivity contribution in [1.82, 2.24) is 0 Å². The summed E-state index contributed by atoms with van der Waals surface area (Å²) in [7, 11) is 0. The van der Waals surface area contributed by atoms with Crippen LogP contribution in [0.4, 0.5) is 0 Å². The largest absolute Gasteiger partial charge is 0.352 e. The molecule has 0 radical (unpaired) electrons. The van der Waals surface area contributed by atoms with Gasteiger partial charge in [0, 0.05) is 5.92 Å². The van der Waals surface area contributed by atoms with Gasteiger partial charge < -0.3 is 9.47 Å². The van der Waals surface area contributed by atoms with Gasteiger partial charge in [-0.3, -0.25) is 0 Å². The number of benzene rings is 1. The van der Waals surface area contributed by atoms with E-state index >= 15 is 0 Å².